The van der Waals surface area contributed by atoms with Gasteiger partial charge < -0.3 is 9.47 Å². The Hall–Kier alpha value is -3.61. The van der Waals surface area contributed by atoms with Crippen molar-refractivity contribution in [3.05, 3.63) is 69.8 Å². The number of fused-ring (bicyclic) bond motifs is 1. The monoisotopic (exact) mass is 338 g/mol. The quantitative estimate of drug-likeness (QED) is 0.362. The summed E-state index contributed by atoms with van der Waals surface area (Å²) in [5.74, 6) is -2.75. The Morgan fingerprint density at radius 1 is 0.960 bits per heavy atom. The minimum Gasteiger partial charge on any atom is -0.465 e. The Balaban J connectivity index is 2.01. The Kier molecular flexibility index (Phi) is 3.98. The number of carbonyl (C=O) groups is 5. The van der Waals surface area contributed by atoms with Gasteiger partial charge in [-0.2, -0.15) is 0 Å². The number of cyclic esters (lactones) is 2. The van der Waals surface area contributed by atoms with Gasteiger partial charge in [0.2, 0.25) is 0 Å². The van der Waals surface area contributed by atoms with Crippen molar-refractivity contribution in [1.82, 2.24) is 0 Å². The molecule has 0 saturated carbocycles. The SMILES string of the molecule is COC(=O)c1ccc(C(=O)c2ccc3c(c2)C(=O)OC3=O)cc1C=O. The summed E-state index contributed by atoms with van der Waals surface area (Å²) in [5, 5.41) is 0. The first-order chi connectivity index (χ1) is 12.0. The van der Waals surface area contributed by atoms with Crippen LogP contribution in [0.2, 0.25) is 0 Å². The van der Waals surface area contributed by atoms with Gasteiger partial charge in [0.05, 0.1) is 23.8 Å². The Labute approximate surface area is 141 Å². The van der Waals surface area contributed by atoms with Gasteiger partial charge in [-0.05, 0) is 24.3 Å². The molecule has 0 N–H and O–H groups in total. The molecule has 0 aliphatic carbocycles. The maximum atomic E-state index is 12.6. The summed E-state index contributed by atoms with van der Waals surface area (Å²) < 4.78 is 9.05. The molecule has 0 spiro atoms. The van der Waals surface area contributed by atoms with Crippen LogP contribution in [-0.2, 0) is 9.47 Å². The number of methoxy groups -OCH3 is 1. The molecule has 0 radical (unpaired) electrons. The van der Waals surface area contributed by atoms with Crippen LogP contribution >= 0.6 is 0 Å². The van der Waals surface area contributed by atoms with Crippen molar-refractivity contribution in [2.75, 3.05) is 7.11 Å². The van der Waals surface area contributed by atoms with Gasteiger partial charge in [0.25, 0.3) is 0 Å². The second-order valence-electron chi connectivity index (χ2n) is 5.18. The molecule has 1 aliphatic heterocycles. The normalized spacial score (nSPS) is 12.4. The molecule has 7 heteroatoms. The summed E-state index contributed by atoms with van der Waals surface area (Å²) in [6.07, 6.45) is 0.446. The van der Waals surface area contributed by atoms with Crippen LogP contribution in [0.1, 0.15) is 57.4 Å². The number of esters is 3. The Morgan fingerprint density at radius 2 is 1.60 bits per heavy atom. The molecule has 0 aromatic heterocycles. The van der Waals surface area contributed by atoms with Crippen LogP contribution in [0.15, 0.2) is 36.4 Å². The highest BCUT2D eigenvalue weighted by molar-refractivity contribution is 6.17. The molecule has 2 aromatic rings. The van der Waals surface area contributed by atoms with Crippen molar-refractivity contribution < 1.29 is 33.4 Å². The third-order valence-electron chi connectivity index (χ3n) is 3.75. The van der Waals surface area contributed by atoms with Crippen LogP contribution in [0.4, 0.5) is 0 Å². The van der Waals surface area contributed by atoms with Crippen LogP contribution < -0.4 is 0 Å². The average Bonchev–Trinajstić information content (AvgIpc) is 2.93. The number of aldehydes is 1. The van der Waals surface area contributed by atoms with Gasteiger partial charge in [-0.15, -0.1) is 0 Å². The number of hydrogen-bond acceptors (Lipinski definition) is 7. The second-order valence-corrected chi connectivity index (χ2v) is 5.18. The maximum Gasteiger partial charge on any atom is 0.346 e. The van der Waals surface area contributed by atoms with E-state index in [-0.39, 0.29) is 33.4 Å². The van der Waals surface area contributed by atoms with E-state index >= 15 is 0 Å². The predicted molar refractivity (Wildman–Crippen MR) is 82.8 cm³/mol. The first-order valence-corrected chi connectivity index (χ1v) is 7.09. The first-order valence-electron chi connectivity index (χ1n) is 7.09. The fraction of sp³-hybridized carbons (Fsp3) is 0.0556. The van der Waals surface area contributed by atoms with Crippen molar-refractivity contribution in [2.24, 2.45) is 0 Å². The van der Waals surface area contributed by atoms with E-state index in [1.807, 2.05) is 0 Å². The van der Waals surface area contributed by atoms with E-state index in [4.69, 9.17) is 0 Å². The van der Waals surface area contributed by atoms with E-state index in [1.54, 1.807) is 0 Å². The molecule has 3 rings (SSSR count). The summed E-state index contributed by atoms with van der Waals surface area (Å²) in [5.41, 5.74) is 0.444. The molecule has 0 saturated heterocycles. The highest BCUT2D eigenvalue weighted by Crippen LogP contribution is 2.23. The molecule has 1 aliphatic rings. The number of ether oxygens (including phenoxy) is 2. The lowest BCUT2D eigenvalue weighted by Gasteiger charge is -2.06. The molecule has 124 valence electrons. The zero-order valence-electron chi connectivity index (χ0n) is 12.9. The lowest BCUT2D eigenvalue weighted by atomic mass is 9.96. The molecule has 0 fully saturated rings. The Bertz CT molecular complexity index is 956. The standard InChI is InChI=1S/C18H10O7/c1-24-16(21)12-4-2-9(6-11(12)8-19)15(20)10-3-5-13-14(7-10)18(23)25-17(13)22/h2-8H,1H3. The highest BCUT2D eigenvalue weighted by Gasteiger charge is 2.30. The van der Waals surface area contributed by atoms with Gasteiger partial charge in [0.1, 0.15) is 0 Å². The van der Waals surface area contributed by atoms with Gasteiger partial charge in [-0.25, -0.2) is 14.4 Å². The molecular formula is C18H10O7. The van der Waals surface area contributed by atoms with Gasteiger partial charge in [-0.3, -0.25) is 9.59 Å². The number of ketones is 1. The minimum atomic E-state index is -0.815. The number of benzene rings is 2. The molecule has 0 unspecified atom stereocenters. The van der Waals surface area contributed by atoms with Gasteiger partial charge in [0.15, 0.2) is 12.1 Å². The predicted octanol–water partition coefficient (Wildman–Crippen LogP) is 1.83. The highest BCUT2D eigenvalue weighted by atomic mass is 16.6. The largest absolute Gasteiger partial charge is 0.465 e. The Morgan fingerprint density at radius 3 is 2.28 bits per heavy atom. The van der Waals surface area contributed by atoms with Crippen LogP contribution in [0, 0.1) is 0 Å². The van der Waals surface area contributed by atoms with E-state index in [1.165, 1.54) is 43.5 Å². The maximum absolute atomic E-state index is 12.6. The van der Waals surface area contributed by atoms with Gasteiger partial charge in [0, 0.05) is 16.7 Å². The summed E-state index contributed by atoms with van der Waals surface area (Å²) in [6, 6.07) is 7.93. The fourth-order valence-electron chi connectivity index (χ4n) is 2.49. The smallest absolute Gasteiger partial charge is 0.346 e. The average molecular weight is 338 g/mol. The topological polar surface area (TPSA) is 104 Å². The van der Waals surface area contributed by atoms with Crippen molar-refractivity contribution in [1.29, 1.82) is 0 Å². The van der Waals surface area contributed by atoms with Crippen molar-refractivity contribution in [3.63, 3.8) is 0 Å². The van der Waals surface area contributed by atoms with Crippen LogP contribution in [-0.4, -0.2) is 37.1 Å². The van der Waals surface area contributed by atoms with E-state index in [0.29, 0.717) is 6.29 Å². The lowest BCUT2D eigenvalue weighted by Crippen LogP contribution is -2.09. The van der Waals surface area contributed by atoms with Crippen molar-refractivity contribution in [3.8, 4) is 0 Å². The van der Waals surface area contributed by atoms with E-state index in [0.717, 1.165) is 0 Å². The van der Waals surface area contributed by atoms with Crippen LogP contribution in [0.3, 0.4) is 0 Å². The third-order valence-corrected chi connectivity index (χ3v) is 3.75. The van der Waals surface area contributed by atoms with Crippen molar-refractivity contribution in [2.45, 2.75) is 0 Å². The number of carbonyl (C=O) groups excluding carboxylic acids is 5. The molecule has 0 amide bonds. The number of hydrogen-bond donors (Lipinski definition) is 0. The molecule has 7 nitrogen and oxygen atoms in total. The molecule has 1 heterocycles. The van der Waals surface area contributed by atoms with Crippen molar-refractivity contribution >= 4 is 30.0 Å². The van der Waals surface area contributed by atoms with E-state index in [2.05, 4.69) is 9.47 Å². The second kappa shape index (κ2) is 6.12. The minimum absolute atomic E-state index is 0.00782. The zero-order valence-corrected chi connectivity index (χ0v) is 12.9. The lowest BCUT2D eigenvalue weighted by molar-refractivity contribution is 0.0442. The van der Waals surface area contributed by atoms with E-state index in [9.17, 15) is 24.0 Å². The van der Waals surface area contributed by atoms with E-state index < -0.39 is 23.7 Å². The fourth-order valence-corrected chi connectivity index (χ4v) is 2.49. The third kappa shape index (κ3) is 2.72. The van der Waals surface area contributed by atoms with Gasteiger partial charge in [-0.1, -0.05) is 12.1 Å². The van der Waals surface area contributed by atoms with Gasteiger partial charge >= 0.3 is 17.9 Å². The van der Waals surface area contributed by atoms with Crippen LogP contribution in [0.25, 0.3) is 0 Å². The molecule has 0 bridgehead atoms. The number of rotatable bonds is 4. The molecular weight excluding hydrogens is 328 g/mol. The molecule has 25 heavy (non-hydrogen) atoms. The summed E-state index contributed by atoms with van der Waals surface area (Å²) >= 11 is 0. The van der Waals surface area contributed by atoms with Crippen LogP contribution in [0.5, 0.6) is 0 Å². The summed E-state index contributed by atoms with van der Waals surface area (Å²) in [4.78, 5) is 58.4. The molecule has 2 aromatic carbocycles. The molecule has 0 atom stereocenters. The zero-order chi connectivity index (χ0) is 18.1. The first kappa shape index (κ1) is 16.3. The summed E-state index contributed by atoms with van der Waals surface area (Å²) in [6.45, 7) is 0. The summed E-state index contributed by atoms with van der Waals surface area (Å²) in [7, 11) is 1.18.